The van der Waals surface area contributed by atoms with Gasteiger partial charge in [-0.1, -0.05) is 18.2 Å². The van der Waals surface area contributed by atoms with Crippen molar-refractivity contribution in [3.63, 3.8) is 0 Å². The summed E-state index contributed by atoms with van der Waals surface area (Å²) in [5.74, 6) is 0.882. The lowest BCUT2D eigenvalue weighted by Crippen LogP contribution is -2.35. The number of hydrogen-bond acceptors (Lipinski definition) is 3. The fourth-order valence-electron chi connectivity index (χ4n) is 1.67. The Morgan fingerprint density at radius 1 is 1.26 bits per heavy atom. The smallest absolute Gasteiger partial charge is 0.127 e. The van der Waals surface area contributed by atoms with Gasteiger partial charge in [-0.15, -0.1) is 0 Å². The molecule has 0 aliphatic heterocycles. The maximum atomic E-state index is 9.58. The average Bonchev–Trinajstić information content (AvgIpc) is 2.28. The maximum absolute atomic E-state index is 9.58. The standard InChI is InChI=1S/C16H27NO2/c1-11-8-7-9-14(10-17-16(4,5)6)15(11)19-13(3)12(2)18/h7-9,12-13,17-18H,10H2,1-6H3. The van der Waals surface area contributed by atoms with E-state index >= 15 is 0 Å². The minimum atomic E-state index is -0.483. The molecule has 0 saturated carbocycles. The number of aliphatic hydroxyl groups excluding tert-OH is 1. The molecule has 0 fully saturated rings. The molecule has 2 unspecified atom stereocenters. The van der Waals surface area contributed by atoms with E-state index in [4.69, 9.17) is 4.74 Å². The van der Waals surface area contributed by atoms with Gasteiger partial charge >= 0.3 is 0 Å². The molecule has 3 nitrogen and oxygen atoms in total. The Morgan fingerprint density at radius 3 is 2.42 bits per heavy atom. The zero-order chi connectivity index (χ0) is 14.6. The van der Waals surface area contributed by atoms with Crippen molar-refractivity contribution in [3.05, 3.63) is 29.3 Å². The van der Waals surface area contributed by atoms with Crippen molar-refractivity contribution in [1.82, 2.24) is 5.32 Å². The Labute approximate surface area is 117 Å². The van der Waals surface area contributed by atoms with Gasteiger partial charge in [-0.3, -0.25) is 0 Å². The zero-order valence-electron chi connectivity index (χ0n) is 12.9. The van der Waals surface area contributed by atoms with Gasteiger partial charge in [-0.25, -0.2) is 0 Å². The predicted molar refractivity (Wildman–Crippen MR) is 79.5 cm³/mol. The van der Waals surface area contributed by atoms with E-state index < -0.39 is 6.10 Å². The molecule has 0 aliphatic rings. The lowest BCUT2D eigenvalue weighted by atomic mass is 10.1. The van der Waals surface area contributed by atoms with Gasteiger partial charge in [0.05, 0.1) is 6.10 Å². The van der Waals surface area contributed by atoms with Gasteiger partial charge in [0.2, 0.25) is 0 Å². The molecule has 0 saturated heterocycles. The molecule has 0 aromatic heterocycles. The summed E-state index contributed by atoms with van der Waals surface area (Å²) in [4.78, 5) is 0. The Morgan fingerprint density at radius 2 is 1.89 bits per heavy atom. The highest BCUT2D eigenvalue weighted by Crippen LogP contribution is 2.25. The summed E-state index contributed by atoms with van der Waals surface area (Å²) in [5.41, 5.74) is 2.29. The number of nitrogens with one attached hydrogen (secondary N) is 1. The zero-order valence-corrected chi connectivity index (χ0v) is 12.9. The van der Waals surface area contributed by atoms with Crippen molar-refractivity contribution < 1.29 is 9.84 Å². The molecule has 1 rings (SSSR count). The summed E-state index contributed by atoms with van der Waals surface area (Å²) in [7, 11) is 0. The molecular weight excluding hydrogens is 238 g/mol. The molecule has 3 heteroatoms. The van der Waals surface area contributed by atoms with E-state index in [1.807, 2.05) is 26.0 Å². The van der Waals surface area contributed by atoms with Gasteiger partial charge < -0.3 is 15.2 Å². The second kappa shape index (κ2) is 6.40. The van der Waals surface area contributed by atoms with Crippen LogP contribution < -0.4 is 10.1 Å². The number of ether oxygens (including phenoxy) is 1. The van der Waals surface area contributed by atoms with Crippen LogP contribution in [0, 0.1) is 6.92 Å². The first-order chi connectivity index (χ1) is 8.70. The summed E-state index contributed by atoms with van der Waals surface area (Å²) in [6.45, 7) is 12.8. The minimum Gasteiger partial charge on any atom is -0.487 e. The molecule has 1 aromatic rings. The van der Waals surface area contributed by atoms with Gasteiger partial charge in [0.25, 0.3) is 0 Å². The van der Waals surface area contributed by atoms with Crippen LogP contribution in [-0.4, -0.2) is 22.9 Å². The van der Waals surface area contributed by atoms with E-state index in [9.17, 15) is 5.11 Å². The highest BCUT2D eigenvalue weighted by Gasteiger charge is 2.16. The summed E-state index contributed by atoms with van der Waals surface area (Å²) in [5, 5.41) is 13.0. The third-order valence-electron chi connectivity index (χ3n) is 3.09. The highest BCUT2D eigenvalue weighted by molar-refractivity contribution is 5.41. The molecule has 108 valence electrons. The van der Waals surface area contributed by atoms with Crippen LogP contribution in [0.15, 0.2) is 18.2 Å². The van der Waals surface area contributed by atoms with E-state index in [1.165, 1.54) is 0 Å². The Kier molecular flexibility index (Phi) is 5.39. The van der Waals surface area contributed by atoms with Crippen molar-refractivity contribution in [3.8, 4) is 5.75 Å². The molecular formula is C16H27NO2. The first-order valence-corrected chi connectivity index (χ1v) is 6.89. The monoisotopic (exact) mass is 265 g/mol. The molecule has 0 spiro atoms. The van der Waals surface area contributed by atoms with Gasteiger partial charge in [0.15, 0.2) is 0 Å². The topological polar surface area (TPSA) is 41.5 Å². The molecule has 2 atom stereocenters. The largest absolute Gasteiger partial charge is 0.487 e. The van der Waals surface area contributed by atoms with Crippen LogP contribution in [0.4, 0.5) is 0 Å². The third kappa shape index (κ3) is 5.21. The first-order valence-electron chi connectivity index (χ1n) is 6.89. The second-order valence-corrected chi connectivity index (χ2v) is 6.23. The van der Waals surface area contributed by atoms with Crippen LogP contribution in [0.25, 0.3) is 0 Å². The van der Waals surface area contributed by atoms with E-state index in [-0.39, 0.29) is 11.6 Å². The van der Waals surface area contributed by atoms with Gasteiger partial charge in [-0.2, -0.15) is 0 Å². The van der Waals surface area contributed by atoms with Crippen molar-refractivity contribution in [1.29, 1.82) is 0 Å². The van der Waals surface area contributed by atoms with E-state index in [0.29, 0.717) is 0 Å². The van der Waals surface area contributed by atoms with Crippen LogP contribution in [0.5, 0.6) is 5.75 Å². The predicted octanol–water partition coefficient (Wildman–Crippen LogP) is 3.03. The lowest BCUT2D eigenvalue weighted by molar-refractivity contribution is 0.0592. The molecule has 0 radical (unpaired) electrons. The fraction of sp³-hybridized carbons (Fsp3) is 0.625. The SMILES string of the molecule is Cc1cccc(CNC(C)(C)C)c1OC(C)C(C)O. The summed E-state index contributed by atoms with van der Waals surface area (Å²) < 4.78 is 5.91. The Bertz CT molecular complexity index is 408. The number of para-hydroxylation sites is 1. The van der Waals surface area contributed by atoms with Gasteiger partial charge in [0.1, 0.15) is 11.9 Å². The number of benzene rings is 1. The number of aryl methyl sites for hydroxylation is 1. The van der Waals surface area contributed by atoms with Crippen LogP contribution in [0.3, 0.4) is 0 Å². The van der Waals surface area contributed by atoms with Crippen molar-refractivity contribution in [2.75, 3.05) is 0 Å². The van der Waals surface area contributed by atoms with E-state index in [0.717, 1.165) is 23.4 Å². The lowest BCUT2D eigenvalue weighted by Gasteiger charge is -2.24. The second-order valence-electron chi connectivity index (χ2n) is 6.23. The Balaban J connectivity index is 2.89. The van der Waals surface area contributed by atoms with Gasteiger partial charge in [-0.05, 0) is 47.1 Å². The fourth-order valence-corrected chi connectivity index (χ4v) is 1.67. The van der Waals surface area contributed by atoms with Crippen molar-refractivity contribution >= 4 is 0 Å². The minimum absolute atomic E-state index is 0.0664. The summed E-state index contributed by atoms with van der Waals surface area (Å²) >= 11 is 0. The third-order valence-corrected chi connectivity index (χ3v) is 3.09. The van der Waals surface area contributed by atoms with Crippen LogP contribution in [0.2, 0.25) is 0 Å². The summed E-state index contributed by atoms with van der Waals surface area (Å²) in [6.07, 6.45) is -0.697. The molecule has 0 aliphatic carbocycles. The molecule has 0 bridgehead atoms. The molecule has 19 heavy (non-hydrogen) atoms. The van der Waals surface area contributed by atoms with E-state index in [1.54, 1.807) is 6.92 Å². The number of hydrogen-bond donors (Lipinski definition) is 2. The maximum Gasteiger partial charge on any atom is 0.127 e. The van der Waals surface area contributed by atoms with Crippen LogP contribution in [-0.2, 0) is 6.54 Å². The number of rotatable bonds is 5. The Hall–Kier alpha value is -1.06. The quantitative estimate of drug-likeness (QED) is 0.860. The van der Waals surface area contributed by atoms with E-state index in [2.05, 4.69) is 32.2 Å². The average molecular weight is 265 g/mol. The first kappa shape index (κ1) is 16.0. The summed E-state index contributed by atoms with van der Waals surface area (Å²) in [6, 6.07) is 6.13. The number of aliphatic hydroxyl groups is 1. The molecule has 1 aromatic carbocycles. The molecule has 2 N–H and O–H groups in total. The van der Waals surface area contributed by atoms with Crippen LogP contribution >= 0.6 is 0 Å². The van der Waals surface area contributed by atoms with Crippen molar-refractivity contribution in [2.45, 2.75) is 65.8 Å². The molecule has 0 amide bonds. The van der Waals surface area contributed by atoms with Crippen molar-refractivity contribution in [2.24, 2.45) is 0 Å². The highest BCUT2D eigenvalue weighted by atomic mass is 16.5. The molecule has 0 heterocycles. The van der Waals surface area contributed by atoms with Gasteiger partial charge in [0, 0.05) is 17.6 Å². The van der Waals surface area contributed by atoms with Crippen LogP contribution in [0.1, 0.15) is 45.7 Å². The normalized spacial score (nSPS) is 15.1.